The molecule has 0 radical (unpaired) electrons. The van der Waals surface area contributed by atoms with Crippen molar-refractivity contribution in [3.63, 3.8) is 0 Å². The quantitative estimate of drug-likeness (QED) is 0.866. The number of carbonyl (C=O) groups is 2. The van der Waals surface area contributed by atoms with Crippen molar-refractivity contribution in [1.82, 2.24) is 5.32 Å². The first-order chi connectivity index (χ1) is 11.5. The van der Waals surface area contributed by atoms with Crippen molar-refractivity contribution in [2.24, 2.45) is 5.92 Å². The maximum Gasteiger partial charge on any atom is 0.255 e. The minimum Gasteiger partial charge on any atom is -0.352 e. The molecule has 124 valence electrons. The fourth-order valence-corrected chi connectivity index (χ4v) is 2.41. The zero-order valence-corrected chi connectivity index (χ0v) is 13.6. The van der Waals surface area contributed by atoms with E-state index in [1.54, 1.807) is 24.3 Å². The predicted octanol–water partition coefficient (Wildman–Crippen LogP) is 3.76. The molecule has 2 aromatic carbocycles. The van der Waals surface area contributed by atoms with Crippen LogP contribution in [-0.4, -0.2) is 11.8 Å². The van der Waals surface area contributed by atoms with Crippen LogP contribution < -0.4 is 10.6 Å². The summed E-state index contributed by atoms with van der Waals surface area (Å²) in [6, 6.07) is 10.9. The molecule has 0 heterocycles. The Hall–Kier alpha value is -2.40. The first-order valence-corrected chi connectivity index (χ1v) is 8.04. The standard InChI is InChI=1S/C18H16ClFN2O2/c19-15-9-14(7-8-16(15)20)22-18(24)13-3-1-11(2-4-13)10-21-17(23)12-5-6-12/h1-4,7-9,12H,5-6,10H2,(H,21,23)(H,22,24). The van der Waals surface area contributed by atoms with E-state index in [0.717, 1.165) is 18.4 Å². The van der Waals surface area contributed by atoms with Gasteiger partial charge < -0.3 is 10.6 Å². The molecule has 0 saturated heterocycles. The van der Waals surface area contributed by atoms with Crippen LogP contribution in [0, 0.1) is 11.7 Å². The van der Waals surface area contributed by atoms with Gasteiger partial charge in [0.1, 0.15) is 5.82 Å². The van der Waals surface area contributed by atoms with E-state index in [9.17, 15) is 14.0 Å². The second-order valence-electron chi connectivity index (χ2n) is 5.77. The third kappa shape index (κ3) is 4.11. The van der Waals surface area contributed by atoms with Gasteiger partial charge in [0, 0.05) is 23.7 Å². The van der Waals surface area contributed by atoms with Crippen molar-refractivity contribution in [2.45, 2.75) is 19.4 Å². The van der Waals surface area contributed by atoms with Crippen molar-refractivity contribution >= 4 is 29.1 Å². The summed E-state index contributed by atoms with van der Waals surface area (Å²) in [5, 5.41) is 5.48. The molecule has 2 N–H and O–H groups in total. The van der Waals surface area contributed by atoms with Crippen molar-refractivity contribution in [3.8, 4) is 0 Å². The first kappa shape index (κ1) is 16.5. The van der Waals surface area contributed by atoms with E-state index in [-0.39, 0.29) is 22.8 Å². The number of benzene rings is 2. The zero-order valence-electron chi connectivity index (χ0n) is 12.8. The minimum atomic E-state index is -0.535. The second kappa shape index (κ2) is 7.01. The Bertz CT molecular complexity index is 773. The summed E-state index contributed by atoms with van der Waals surface area (Å²) in [5.74, 6) is -0.582. The molecule has 1 aliphatic rings. The summed E-state index contributed by atoms with van der Waals surface area (Å²) < 4.78 is 13.1. The van der Waals surface area contributed by atoms with Crippen LogP contribution in [0.25, 0.3) is 0 Å². The summed E-state index contributed by atoms with van der Waals surface area (Å²) in [6.07, 6.45) is 1.94. The van der Waals surface area contributed by atoms with E-state index >= 15 is 0 Å². The van der Waals surface area contributed by atoms with Crippen molar-refractivity contribution in [3.05, 3.63) is 64.4 Å². The SMILES string of the molecule is O=C(Nc1ccc(F)c(Cl)c1)c1ccc(CNC(=O)C2CC2)cc1. The second-order valence-corrected chi connectivity index (χ2v) is 6.18. The molecule has 1 saturated carbocycles. The molecule has 0 atom stereocenters. The number of hydrogen-bond acceptors (Lipinski definition) is 2. The number of halogens is 2. The fourth-order valence-electron chi connectivity index (χ4n) is 2.23. The van der Waals surface area contributed by atoms with Crippen LogP contribution >= 0.6 is 11.6 Å². The first-order valence-electron chi connectivity index (χ1n) is 7.66. The topological polar surface area (TPSA) is 58.2 Å². The van der Waals surface area contributed by atoms with Crippen molar-refractivity contribution in [1.29, 1.82) is 0 Å². The highest BCUT2D eigenvalue weighted by Crippen LogP contribution is 2.28. The van der Waals surface area contributed by atoms with Crippen LogP contribution in [0.1, 0.15) is 28.8 Å². The number of carbonyl (C=O) groups excluding carboxylic acids is 2. The zero-order chi connectivity index (χ0) is 17.1. The van der Waals surface area contributed by atoms with E-state index < -0.39 is 5.82 Å². The van der Waals surface area contributed by atoms with Gasteiger partial charge in [0.25, 0.3) is 5.91 Å². The monoisotopic (exact) mass is 346 g/mol. The van der Waals surface area contributed by atoms with Crippen molar-refractivity contribution < 1.29 is 14.0 Å². The van der Waals surface area contributed by atoms with Gasteiger partial charge in [-0.05, 0) is 48.7 Å². The third-order valence-corrected chi connectivity index (χ3v) is 4.10. The van der Waals surface area contributed by atoms with Crippen LogP contribution in [0.2, 0.25) is 5.02 Å². The average molecular weight is 347 g/mol. The van der Waals surface area contributed by atoms with Crippen LogP contribution in [0.4, 0.5) is 10.1 Å². The van der Waals surface area contributed by atoms with E-state index in [1.807, 2.05) is 0 Å². The lowest BCUT2D eigenvalue weighted by Gasteiger charge is -2.08. The molecule has 24 heavy (non-hydrogen) atoms. The molecule has 0 aliphatic heterocycles. The summed E-state index contributed by atoms with van der Waals surface area (Å²) in [6.45, 7) is 0.449. The Morgan fingerprint density at radius 1 is 1.12 bits per heavy atom. The molecule has 1 fully saturated rings. The number of hydrogen-bond donors (Lipinski definition) is 2. The lowest BCUT2D eigenvalue weighted by Crippen LogP contribution is -2.24. The average Bonchev–Trinajstić information content (AvgIpc) is 3.41. The maximum absolute atomic E-state index is 13.1. The van der Waals surface area contributed by atoms with Gasteiger partial charge in [0.15, 0.2) is 0 Å². The van der Waals surface area contributed by atoms with Gasteiger partial charge in [-0.2, -0.15) is 0 Å². The van der Waals surface area contributed by atoms with E-state index in [2.05, 4.69) is 10.6 Å². The Morgan fingerprint density at radius 2 is 1.83 bits per heavy atom. The number of rotatable bonds is 5. The highest BCUT2D eigenvalue weighted by atomic mass is 35.5. The van der Waals surface area contributed by atoms with Crippen LogP contribution in [0.5, 0.6) is 0 Å². The van der Waals surface area contributed by atoms with Gasteiger partial charge in [0.2, 0.25) is 5.91 Å². The van der Waals surface area contributed by atoms with Gasteiger partial charge in [-0.3, -0.25) is 9.59 Å². The predicted molar refractivity (Wildman–Crippen MR) is 90.4 cm³/mol. The van der Waals surface area contributed by atoms with Crippen LogP contribution in [0.15, 0.2) is 42.5 Å². The molecule has 1 aliphatic carbocycles. The molecule has 6 heteroatoms. The number of nitrogens with one attached hydrogen (secondary N) is 2. The molecule has 0 spiro atoms. The molecule has 2 aromatic rings. The Morgan fingerprint density at radius 3 is 2.46 bits per heavy atom. The van der Waals surface area contributed by atoms with E-state index in [4.69, 9.17) is 11.6 Å². The lowest BCUT2D eigenvalue weighted by atomic mass is 10.1. The molecule has 0 aromatic heterocycles. The number of anilines is 1. The molecular weight excluding hydrogens is 331 g/mol. The molecule has 0 bridgehead atoms. The van der Waals surface area contributed by atoms with Gasteiger partial charge in [0.05, 0.1) is 5.02 Å². The fraction of sp³-hybridized carbons (Fsp3) is 0.222. The molecule has 0 unspecified atom stereocenters. The highest BCUT2D eigenvalue weighted by Gasteiger charge is 2.29. The van der Waals surface area contributed by atoms with Gasteiger partial charge in [-0.15, -0.1) is 0 Å². The van der Waals surface area contributed by atoms with Crippen LogP contribution in [0.3, 0.4) is 0 Å². The van der Waals surface area contributed by atoms with Crippen molar-refractivity contribution in [2.75, 3.05) is 5.32 Å². The van der Waals surface area contributed by atoms with E-state index in [0.29, 0.717) is 17.8 Å². The molecule has 3 rings (SSSR count). The summed E-state index contributed by atoms with van der Waals surface area (Å²) in [7, 11) is 0. The summed E-state index contributed by atoms with van der Waals surface area (Å²) >= 11 is 5.69. The number of amides is 2. The Balaban J connectivity index is 1.58. The van der Waals surface area contributed by atoms with E-state index in [1.165, 1.54) is 18.2 Å². The molecule has 2 amide bonds. The maximum atomic E-state index is 13.1. The lowest BCUT2D eigenvalue weighted by molar-refractivity contribution is -0.122. The third-order valence-electron chi connectivity index (χ3n) is 3.81. The van der Waals surface area contributed by atoms with Crippen LogP contribution in [-0.2, 0) is 11.3 Å². The normalized spacial score (nSPS) is 13.4. The molecule has 4 nitrogen and oxygen atoms in total. The largest absolute Gasteiger partial charge is 0.352 e. The Labute approximate surface area is 144 Å². The molecular formula is C18H16ClFN2O2. The smallest absolute Gasteiger partial charge is 0.255 e. The van der Waals surface area contributed by atoms with Gasteiger partial charge in [-0.25, -0.2) is 4.39 Å². The van der Waals surface area contributed by atoms with Gasteiger partial charge in [-0.1, -0.05) is 23.7 Å². The summed E-state index contributed by atoms with van der Waals surface area (Å²) in [5.41, 5.74) is 1.81. The highest BCUT2D eigenvalue weighted by molar-refractivity contribution is 6.31. The summed E-state index contributed by atoms with van der Waals surface area (Å²) in [4.78, 5) is 23.8. The van der Waals surface area contributed by atoms with Gasteiger partial charge >= 0.3 is 0 Å². The minimum absolute atomic E-state index is 0.0467. The Kier molecular flexibility index (Phi) is 4.81.